The highest BCUT2D eigenvalue weighted by atomic mass is 32.1. The van der Waals surface area contributed by atoms with Crippen molar-refractivity contribution in [3.8, 4) is 0 Å². The Morgan fingerprint density at radius 1 is 1.25 bits per heavy atom. The van der Waals surface area contributed by atoms with Crippen molar-refractivity contribution in [1.82, 2.24) is 9.80 Å². The molecule has 0 aromatic rings. The van der Waals surface area contributed by atoms with Crippen molar-refractivity contribution in [3.05, 3.63) is 0 Å². The van der Waals surface area contributed by atoms with Gasteiger partial charge in [-0.1, -0.05) is 12.2 Å². The Bertz CT molecular complexity index is 344. The number of hydrogen-bond donors (Lipinski definition) is 1. The van der Waals surface area contributed by atoms with Crippen LogP contribution in [0.15, 0.2) is 0 Å². The van der Waals surface area contributed by atoms with E-state index in [4.69, 9.17) is 18.0 Å². The van der Waals surface area contributed by atoms with Crippen molar-refractivity contribution in [3.63, 3.8) is 0 Å². The summed E-state index contributed by atoms with van der Waals surface area (Å²) in [5.74, 6) is -0.192. The summed E-state index contributed by atoms with van der Waals surface area (Å²) in [4.78, 5) is 15.8. The Balaban J connectivity index is 2.18. The number of rotatable bonds is 6. The van der Waals surface area contributed by atoms with Crippen molar-refractivity contribution in [2.24, 2.45) is 5.73 Å². The first-order valence-corrected chi connectivity index (χ1v) is 6.61. The van der Waals surface area contributed by atoms with Gasteiger partial charge in [-0.15, -0.1) is 0 Å². The molecule has 1 amide bonds. The molecule has 0 bridgehead atoms. The van der Waals surface area contributed by atoms with E-state index in [-0.39, 0.29) is 18.9 Å². The van der Waals surface area contributed by atoms with Crippen molar-refractivity contribution in [2.75, 3.05) is 45.9 Å². The number of piperazine rings is 1. The molecule has 1 saturated heterocycles. The van der Waals surface area contributed by atoms with Crippen LogP contribution < -0.4 is 5.73 Å². The second-order valence-electron chi connectivity index (χ2n) is 4.54. The molecule has 1 rings (SSSR count). The molecule has 1 heterocycles. The van der Waals surface area contributed by atoms with Crippen LogP contribution in [0.3, 0.4) is 0 Å². The molecule has 1 aliphatic heterocycles. The molecule has 0 unspecified atom stereocenters. The molecule has 116 valence electrons. The van der Waals surface area contributed by atoms with Crippen LogP contribution in [0.4, 0.5) is 13.2 Å². The van der Waals surface area contributed by atoms with Gasteiger partial charge in [0.1, 0.15) is 6.61 Å². The summed E-state index contributed by atoms with van der Waals surface area (Å²) in [6.45, 7) is 1.36. The maximum atomic E-state index is 11.8. The number of carbonyl (C=O) groups is 1. The number of amides is 1. The summed E-state index contributed by atoms with van der Waals surface area (Å²) in [6, 6.07) is 0. The molecule has 0 radical (unpaired) electrons. The molecule has 20 heavy (non-hydrogen) atoms. The quantitative estimate of drug-likeness (QED) is 0.568. The highest BCUT2D eigenvalue weighted by Crippen LogP contribution is 2.14. The van der Waals surface area contributed by atoms with Crippen LogP contribution in [-0.2, 0) is 9.53 Å². The number of alkyl halides is 3. The maximum Gasteiger partial charge on any atom is 0.411 e. The van der Waals surface area contributed by atoms with E-state index in [2.05, 4.69) is 4.74 Å². The van der Waals surface area contributed by atoms with E-state index < -0.39 is 12.8 Å². The van der Waals surface area contributed by atoms with E-state index in [1.165, 1.54) is 0 Å². The number of hydrogen-bond acceptors (Lipinski definition) is 4. The number of carbonyl (C=O) groups excluding carboxylic acids is 1. The van der Waals surface area contributed by atoms with Crippen LogP contribution in [0.2, 0.25) is 0 Å². The standard InChI is InChI=1S/C11H18F3N3O2S/c12-11(13,14)8-19-6-1-10(18)17-4-2-16(3-5-17)7-9(15)20/h1-8H2,(H2,15,20). The molecule has 2 N–H and O–H groups in total. The van der Waals surface area contributed by atoms with E-state index in [1.807, 2.05) is 4.90 Å². The first-order chi connectivity index (χ1) is 9.28. The third kappa shape index (κ3) is 7.01. The van der Waals surface area contributed by atoms with Crippen molar-refractivity contribution >= 4 is 23.1 Å². The first-order valence-electron chi connectivity index (χ1n) is 6.21. The highest BCUT2D eigenvalue weighted by molar-refractivity contribution is 7.80. The van der Waals surface area contributed by atoms with Gasteiger partial charge in [0.2, 0.25) is 5.91 Å². The normalized spacial score (nSPS) is 17.2. The fourth-order valence-electron chi connectivity index (χ4n) is 1.88. The Morgan fingerprint density at radius 3 is 2.35 bits per heavy atom. The number of thiocarbonyl (C=S) groups is 1. The SMILES string of the molecule is NC(=S)CN1CCN(C(=O)CCOCC(F)(F)F)CC1. The summed E-state index contributed by atoms with van der Waals surface area (Å²) in [5.41, 5.74) is 5.43. The lowest BCUT2D eigenvalue weighted by Crippen LogP contribution is -2.50. The fraction of sp³-hybridized carbons (Fsp3) is 0.818. The molecular weight excluding hydrogens is 295 g/mol. The molecule has 0 atom stereocenters. The van der Waals surface area contributed by atoms with Gasteiger partial charge in [0.25, 0.3) is 0 Å². The van der Waals surface area contributed by atoms with Gasteiger partial charge in [-0.2, -0.15) is 13.2 Å². The second kappa shape index (κ2) is 7.75. The Morgan fingerprint density at radius 2 is 1.85 bits per heavy atom. The minimum absolute atomic E-state index is 0.0363. The number of ether oxygens (including phenoxy) is 1. The smallest absolute Gasteiger partial charge is 0.392 e. The van der Waals surface area contributed by atoms with Crippen LogP contribution in [-0.4, -0.2) is 72.8 Å². The molecule has 0 aromatic carbocycles. The van der Waals surface area contributed by atoms with E-state index in [0.29, 0.717) is 37.7 Å². The van der Waals surface area contributed by atoms with Gasteiger partial charge in [0.05, 0.1) is 18.0 Å². The molecule has 0 aromatic heterocycles. The monoisotopic (exact) mass is 313 g/mol. The minimum Gasteiger partial charge on any atom is -0.392 e. The minimum atomic E-state index is -4.35. The molecule has 9 heteroatoms. The number of nitrogens with two attached hydrogens (primary N) is 1. The van der Waals surface area contributed by atoms with Crippen LogP contribution in [0.5, 0.6) is 0 Å². The molecule has 5 nitrogen and oxygen atoms in total. The Hall–Kier alpha value is -0.930. The zero-order valence-electron chi connectivity index (χ0n) is 11.0. The van der Waals surface area contributed by atoms with Gasteiger partial charge in [-0.05, 0) is 0 Å². The van der Waals surface area contributed by atoms with Gasteiger partial charge in [0, 0.05) is 32.7 Å². The van der Waals surface area contributed by atoms with Crippen LogP contribution in [0.25, 0.3) is 0 Å². The molecule has 1 fully saturated rings. The molecule has 1 aliphatic rings. The van der Waals surface area contributed by atoms with Crippen LogP contribution in [0, 0.1) is 0 Å². The fourth-order valence-corrected chi connectivity index (χ4v) is 2.06. The van der Waals surface area contributed by atoms with E-state index in [0.717, 1.165) is 0 Å². The van der Waals surface area contributed by atoms with Gasteiger partial charge < -0.3 is 15.4 Å². The van der Waals surface area contributed by atoms with E-state index in [1.54, 1.807) is 4.90 Å². The van der Waals surface area contributed by atoms with E-state index >= 15 is 0 Å². The summed E-state index contributed by atoms with van der Waals surface area (Å²) in [7, 11) is 0. The first kappa shape index (κ1) is 17.1. The predicted octanol–water partition coefficient (Wildman–Crippen LogP) is 0.386. The Kier molecular flexibility index (Phi) is 6.63. The molecule has 0 saturated carbocycles. The van der Waals surface area contributed by atoms with E-state index in [9.17, 15) is 18.0 Å². The zero-order chi connectivity index (χ0) is 15.2. The van der Waals surface area contributed by atoms with Crippen molar-refractivity contribution in [1.29, 1.82) is 0 Å². The van der Waals surface area contributed by atoms with Crippen molar-refractivity contribution < 1.29 is 22.7 Å². The Labute approximate surface area is 120 Å². The van der Waals surface area contributed by atoms with Gasteiger partial charge >= 0.3 is 6.18 Å². The van der Waals surface area contributed by atoms with Crippen LogP contribution in [0.1, 0.15) is 6.42 Å². The lowest BCUT2D eigenvalue weighted by atomic mass is 10.3. The summed E-state index contributed by atoms with van der Waals surface area (Å²) in [6.07, 6.45) is -4.39. The van der Waals surface area contributed by atoms with Gasteiger partial charge in [0.15, 0.2) is 0 Å². The zero-order valence-corrected chi connectivity index (χ0v) is 11.8. The number of nitrogens with zero attached hydrogens (tertiary/aromatic N) is 2. The summed E-state index contributed by atoms with van der Waals surface area (Å²) < 4.78 is 39.9. The topological polar surface area (TPSA) is 58.8 Å². The summed E-state index contributed by atoms with van der Waals surface area (Å²) in [5, 5.41) is 0. The third-order valence-electron chi connectivity index (χ3n) is 2.83. The van der Waals surface area contributed by atoms with Gasteiger partial charge in [-0.3, -0.25) is 9.69 Å². The third-order valence-corrected chi connectivity index (χ3v) is 2.96. The van der Waals surface area contributed by atoms with Gasteiger partial charge in [-0.25, -0.2) is 0 Å². The lowest BCUT2D eigenvalue weighted by Gasteiger charge is -2.34. The highest BCUT2D eigenvalue weighted by Gasteiger charge is 2.27. The largest absolute Gasteiger partial charge is 0.411 e. The average molecular weight is 313 g/mol. The molecule has 0 spiro atoms. The maximum absolute atomic E-state index is 11.8. The van der Waals surface area contributed by atoms with Crippen molar-refractivity contribution in [2.45, 2.75) is 12.6 Å². The average Bonchev–Trinajstić information content (AvgIpc) is 2.33. The van der Waals surface area contributed by atoms with Crippen LogP contribution >= 0.6 is 12.2 Å². The molecular formula is C11H18F3N3O2S. The lowest BCUT2D eigenvalue weighted by molar-refractivity contribution is -0.175. The second-order valence-corrected chi connectivity index (χ2v) is 5.07. The predicted molar refractivity (Wildman–Crippen MR) is 71.3 cm³/mol. The summed E-state index contributed by atoms with van der Waals surface area (Å²) >= 11 is 4.81. The molecule has 0 aliphatic carbocycles. The number of halogens is 3.